The Morgan fingerprint density at radius 3 is 2.95 bits per heavy atom. The van der Waals surface area contributed by atoms with Crippen LogP contribution in [0.3, 0.4) is 0 Å². The molecule has 1 N–H and O–H groups in total. The van der Waals surface area contributed by atoms with Gasteiger partial charge in [-0.2, -0.15) is 0 Å². The molecule has 19 heavy (non-hydrogen) atoms. The summed E-state index contributed by atoms with van der Waals surface area (Å²) in [5, 5.41) is 3.83. The zero-order valence-electron chi connectivity index (χ0n) is 9.91. The fourth-order valence-electron chi connectivity index (χ4n) is 1.96. The number of imidazole rings is 1. The lowest BCUT2D eigenvalue weighted by atomic mass is 10.3. The molecule has 0 saturated heterocycles. The van der Waals surface area contributed by atoms with Gasteiger partial charge in [0.15, 0.2) is 10.5 Å². The zero-order chi connectivity index (χ0) is 13.6. The monoisotopic (exact) mass is 389 g/mol. The van der Waals surface area contributed by atoms with Crippen molar-refractivity contribution in [3.8, 4) is 0 Å². The predicted molar refractivity (Wildman–Crippen MR) is 80.1 cm³/mol. The number of hydrogen-bond donors (Lipinski definition) is 1. The number of nitrogens with zero attached hydrogens (tertiary/aromatic N) is 2. The van der Waals surface area contributed by atoms with Gasteiger partial charge in [-0.3, -0.25) is 0 Å². The van der Waals surface area contributed by atoms with Gasteiger partial charge in [0, 0.05) is 12.1 Å². The summed E-state index contributed by atoms with van der Waals surface area (Å²) in [6.45, 7) is 2.28. The summed E-state index contributed by atoms with van der Waals surface area (Å²) >= 11 is 7.22. The molecular formula is C12H9FIN3OS. The van der Waals surface area contributed by atoms with Crippen LogP contribution in [0.25, 0.3) is 11.0 Å². The SMILES string of the molecule is Cc1cc(Cn2c(=S)[nH]c3cc(I)c(F)cc32)on1. The van der Waals surface area contributed by atoms with Crippen molar-refractivity contribution >= 4 is 45.8 Å². The summed E-state index contributed by atoms with van der Waals surface area (Å²) in [7, 11) is 0. The van der Waals surface area contributed by atoms with Crippen LogP contribution in [0.15, 0.2) is 22.7 Å². The van der Waals surface area contributed by atoms with Gasteiger partial charge < -0.3 is 14.1 Å². The van der Waals surface area contributed by atoms with Crippen LogP contribution in [-0.4, -0.2) is 14.7 Å². The molecule has 7 heteroatoms. The number of nitrogens with one attached hydrogen (secondary N) is 1. The molecule has 3 aromatic rings. The van der Waals surface area contributed by atoms with Crippen LogP contribution in [-0.2, 0) is 6.54 Å². The lowest BCUT2D eigenvalue weighted by Crippen LogP contribution is -1.99. The Morgan fingerprint density at radius 1 is 1.47 bits per heavy atom. The van der Waals surface area contributed by atoms with Gasteiger partial charge in [0.1, 0.15) is 5.82 Å². The molecule has 0 spiro atoms. The first-order valence-electron chi connectivity index (χ1n) is 5.54. The third-order valence-electron chi connectivity index (χ3n) is 2.81. The number of H-pyrrole nitrogens is 1. The van der Waals surface area contributed by atoms with Crippen molar-refractivity contribution in [1.82, 2.24) is 14.7 Å². The summed E-state index contributed by atoms with van der Waals surface area (Å²) < 4.78 is 21.7. The molecular weight excluding hydrogens is 380 g/mol. The van der Waals surface area contributed by atoms with E-state index >= 15 is 0 Å². The van der Waals surface area contributed by atoms with Crippen molar-refractivity contribution in [2.75, 3.05) is 0 Å². The van der Waals surface area contributed by atoms with Crippen molar-refractivity contribution in [2.45, 2.75) is 13.5 Å². The van der Waals surface area contributed by atoms with E-state index in [2.05, 4.69) is 10.1 Å². The molecule has 0 radical (unpaired) electrons. The summed E-state index contributed by atoms with van der Waals surface area (Å²) in [5.74, 6) is 0.429. The number of aromatic nitrogens is 3. The van der Waals surface area contributed by atoms with E-state index in [0.29, 0.717) is 20.6 Å². The fraction of sp³-hybridized carbons (Fsp3) is 0.167. The van der Waals surface area contributed by atoms with E-state index in [1.807, 2.05) is 35.6 Å². The molecule has 2 heterocycles. The topological polar surface area (TPSA) is 46.8 Å². The number of fused-ring (bicyclic) bond motifs is 1. The van der Waals surface area contributed by atoms with Crippen molar-refractivity contribution in [2.24, 2.45) is 0 Å². The van der Waals surface area contributed by atoms with Crippen LogP contribution in [0, 0.1) is 21.1 Å². The predicted octanol–water partition coefficient (Wildman–Crippen LogP) is 3.79. The average molecular weight is 389 g/mol. The molecule has 0 saturated carbocycles. The lowest BCUT2D eigenvalue weighted by Gasteiger charge is -2.01. The second-order valence-corrected chi connectivity index (χ2v) is 5.78. The van der Waals surface area contributed by atoms with E-state index in [0.717, 1.165) is 16.7 Å². The summed E-state index contributed by atoms with van der Waals surface area (Å²) in [4.78, 5) is 3.07. The third-order valence-corrected chi connectivity index (χ3v) is 3.96. The number of halogens is 2. The fourth-order valence-corrected chi connectivity index (χ4v) is 2.70. The van der Waals surface area contributed by atoms with Crippen LogP contribution in [0.1, 0.15) is 11.5 Å². The number of benzene rings is 1. The average Bonchev–Trinajstić information content (AvgIpc) is 2.87. The van der Waals surface area contributed by atoms with Gasteiger partial charge in [0.05, 0.1) is 26.8 Å². The largest absolute Gasteiger partial charge is 0.359 e. The van der Waals surface area contributed by atoms with Gasteiger partial charge in [0.2, 0.25) is 0 Å². The first kappa shape index (κ1) is 12.8. The van der Waals surface area contributed by atoms with Gasteiger partial charge in [-0.05, 0) is 47.8 Å². The maximum Gasteiger partial charge on any atom is 0.178 e. The molecule has 0 bridgehead atoms. The minimum atomic E-state index is -0.260. The molecule has 1 aromatic carbocycles. The number of rotatable bonds is 2. The molecule has 3 rings (SSSR count). The van der Waals surface area contributed by atoms with Gasteiger partial charge in [-0.15, -0.1) is 0 Å². The highest BCUT2D eigenvalue weighted by Crippen LogP contribution is 2.21. The second-order valence-electron chi connectivity index (χ2n) is 4.23. The summed E-state index contributed by atoms with van der Waals surface area (Å²) in [6, 6.07) is 5.06. The van der Waals surface area contributed by atoms with Crippen molar-refractivity contribution in [1.29, 1.82) is 0 Å². The van der Waals surface area contributed by atoms with Crippen LogP contribution in [0.5, 0.6) is 0 Å². The number of hydrogen-bond acceptors (Lipinski definition) is 3. The Bertz CT molecular complexity index is 820. The van der Waals surface area contributed by atoms with Crippen LogP contribution in [0.4, 0.5) is 4.39 Å². The van der Waals surface area contributed by atoms with Gasteiger partial charge in [0.25, 0.3) is 0 Å². The summed E-state index contributed by atoms with van der Waals surface area (Å²) in [5.41, 5.74) is 2.34. The molecule has 2 aromatic heterocycles. The van der Waals surface area contributed by atoms with Gasteiger partial charge in [-0.1, -0.05) is 5.16 Å². The standard InChI is InChI=1S/C12H9FIN3OS/c1-6-2-7(18-16-6)5-17-11-3-8(13)9(14)4-10(11)15-12(17)19/h2-4H,5H2,1H3,(H,15,19). The Morgan fingerprint density at radius 2 is 2.26 bits per heavy atom. The molecule has 0 aliphatic heterocycles. The van der Waals surface area contributed by atoms with Crippen molar-refractivity contribution < 1.29 is 8.91 Å². The minimum Gasteiger partial charge on any atom is -0.359 e. The maximum atomic E-state index is 13.7. The third kappa shape index (κ3) is 2.32. The number of aryl methyl sites for hydroxylation is 1. The van der Waals surface area contributed by atoms with E-state index < -0.39 is 0 Å². The van der Waals surface area contributed by atoms with E-state index in [1.165, 1.54) is 6.07 Å². The second kappa shape index (κ2) is 4.71. The first-order chi connectivity index (χ1) is 9.04. The Hall–Kier alpha value is -1.22. The van der Waals surface area contributed by atoms with E-state index in [4.69, 9.17) is 16.7 Å². The van der Waals surface area contributed by atoms with Crippen LogP contribution >= 0.6 is 34.8 Å². The van der Waals surface area contributed by atoms with E-state index in [1.54, 1.807) is 10.6 Å². The van der Waals surface area contributed by atoms with Crippen molar-refractivity contribution in [3.05, 3.63) is 43.8 Å². The molecule has 0 unspecified atom stereocenters. The molecule has 0 aliphatic carbocycles. The molecule has 0 aliphatic rings. The van der Waals surface area contributed by atoms with Gasteiger partial charge >= 0.3 is 0 Å². The lowest BCUT2D eigenvalue weighted by molar-refractivity contribution is 0.373. The van der Waals surface area contributed by atoms with Gasteiger partial charge in [-0.25, -0.2) is 4.39 Å². The molecule has 0 fully saturated rings. The van der Waals surface area contributed by atoms with Crippen molar-refractivity contribution in [3.63, 3.8) is 0 Å². The smallest absolute Gasteiger partial charge is 0.178 e. The normalized spacial score (nSPS) is 11.3. The highest BCUT2D eigenvalue weighted by Gasteiger charge is 2.11. The quantitative estimate of drug-likeness (QED) is 0.536. The molecule has 98 valence electrons. The molecule has 0 atom stereocenters. The molecule has 4 nitrogen and oxygen atoms in total. The summed E-state index contributed by atoms with van der Waals surface area (Å²) in [6.07, 6.45) is 0. The van der Waals surface area contributed by atoms with Crippen LogP contribution in [0.2, 0.25) is 0 Å². The molecule has 0 amide bonds. The first-order valence-corrected chi connectivity index (χ1v) is 7.03. The maximum absolute atomic E-state index is 13.7. The highest BCUT2D eigenvalue weighted by atomic mass is 127. The number of aromatic amines is 1. The Labute approximate surface area is 126 Å². The Kier molecular flexibility index (Phi) is 3.17. The Balaban J connectivity index is 2.15. The zero-order valence-corrected chi connectivity index (χ0v) is 12.9. The highest BCUT2D eigenvalue weighted by molar-refractivity contribution is 14.1. The minimum absolute atomic E-state index is 0.260. The van der Waals surface area contributed by atoms with E-state index in [9.17, 15) is 4.39 Å². The van der Waals surface area contributed by atoms with Crippen LogP contribution < -0.4 is 0 Å². The van der Waals surface area contributed by atoms with E-state index in [-0.39, 0.29) is 5.82 Å².